The Morgan fingerprint density at radius 1 is 1.36 bits per heavy atom. The topological polar surface area (TPSA) is 60.4 Å². The van der Waals surface area contributed by atoms with Gasteiger partial charge in [0.15, 0.2) is 15.1 Å². The van der Waals surface area contributed by atoms with E-state index in [1.54, 1.807) is 6.92 Å². The Labute approximate surface area is 85.6 Å². The minimum absolute atomic E-state index is 0.219. The number of hydrogen-bond acceptors (Lipinski definition) is 4. The molecule has 84 valence electrons. The fraction of sp³-hybridized carbons (Fsp3) is 0.889. The number of sulfone groups is 1. The summed E-state index contributed by atoms with van der Waals surface area (Å²) in [5.74, 6) is -0.622. The predicted molar refractivity (Wildman–Crippen MR) is 54.8 cm³/mol. The zero-order valence-electron chi connectivity index (χ0n) is 8.95. The molecule has 0 heterocycles. The Hall–Kier alpha value is -0.580. The van der Waals surface area contributed by atoms with E-state index in [2.05, 4.69) is 0 Å². The van der Waals surface area contributed by atoms with Gasteiger partial charge < -0.3 is 4.74 Å². The first-order valence-corrected chi connectivity index (χ1v) is 6.74. The zero-order valence-corrected chi connectivity index (χ0v) is 9.76. The van der Waals surface area contributed by atoms with Crippen LogP contribution in [0.1, 0.15) is 33.1 Å². The molecule has 1 unspecified atom stereocenters. The molecule has 0 saturated heterocycles. The molecule has 0 amide bonds. The molecule has 0 aromatic carbocycles. The van der Waals surface area contributed by atoms with Gasteiger partial charge in [0.1, 0.15) is 0 Å². The molecule has 0 bridgehead atoms. The van der Waals surface area contributed by atoms with E-state index in [-0.39, 0.29) is 6.61 Å². The number of esters is 1. The lowest BCUT2D eigenvalue weighted by atomic mass is 10.2. The van der Waals surface area contributed by atoms with Crippen molar-refractivity contribution in [3.63, 3.8) is 0 Å². The SMILES string of the molecule is CCCCC(C(=O)OCC)S(C)(=O)=O. The number of unbranched alkanes of at least 4 members (excludes halogenated alkanes) is 1. The molecular weight excluding hydrogens is 204 g/mol. The standard InChI is InChI=1S/C9H18O4S/c1-4-6-7-8(14(3,11)12)9(10)13-5-2/h8H,4-7H2,1-3H3. The first-order valence-electron chi connectivity index (χ1n) is 4.79. The van der Waals surface area contributed by atoms with E-state index in [4.69, 9.17) is 4.74 Å². The highest BCUT2D eigenvalue weighted by atomic mass is 32.2. The molecule has 0 aliphatic rings. The van der Waals surface area contributed by atoms with Crippen LogP contribution in [-0.2, 0) is 19.4 Å². The lowest BCUT2D eigenvalue weighted by Crippen LogP contribution is -2.31. The van der Waals surface area contributed by atoms with E-state index < -0.39 is 21.1 Å². The molecule has 14 heavy (non-hydrogen) atoms. The average Bonchev–Trinajstić information content (AvgIpc) is 2.03. The van der Waals surface area contributed by atoms with Crippen LogP contribution in [0.4, 0.5) is 0 Å². The number of carbonyl (C=O) groups is 1. The fourth-order valence-corrected chi connectivity index (χ4v) is 2.14. The van der Waals surface area contributed by atoms with Crippen molar-refractivity contribution in [3.05, 3.63) is 0 Å². The van der Waals surface area contributed by atoms with Gasteiger partial charge >= 0.3 is 5.97 Å². The molecule has 0 aromatic rings. The van der Waals surface area contributed by atoms with Crippen LogP contribution < -0.4 is 0 Å². The third kappa shape index (κ3) is 4.60. The van der Waals surface area contributed by atoms with E-state index >= 15 is 0 Å². The fourth-order valence-electron chi connectivity index (χ4n) is 1.13. The van der Waals surface area contributed by atoms with Gasteiger partial charge in [-0.1, -0.05) is 19.8 Å². The van der Waals surface area contributed by atoms with Crippen molar-refractivity contribution in [2.24, 2.45) is 0 Å². The lowest BCUT2D eigenvalue weighted by molar-refractivity contribution is -0.142. The van der Waals surface area contributed by atoms with Gasteiger partial charge in [0.2, 0.25) is 0 Å². The van der Waals surface area contributed by atoms with Gasteiger partial charge in [-0.3, -0.25) is 4.79 Å². The van der Waals surface area contributed by atoms with Crippen LogP contribution in [0.2, 0.25) is 0 Å². The molecule has 0 aromatic heterocycles. The quantitative estimate of drug-likeness (QED) is 0.633. The molecule has 0 N–H and O–H groups in total. The normalized spacial score (nSPS) is 13.6. The summed E-state index contributed by atoms with van der Waals surface area (Å²) < 4.78 is 27.2. The van der Waals surface area contributed by atoms with Gasteiger partial charge in [-0.15, -0.1) is 0 Å². The van der Waals surface area contributed by atoms with Crippen molar-refractivity contribution in [2.75, 3.05) is 12.9 Å². The molecule has 0 aliphatic heterocycles. The molecule has 0 fully saturated rings. The molecule has 0 spiro atoms. The van der Waals surface area contributed by atoms with Gasteiger partial charge in [0, 0.05) is 6.26 Å². The Balaban J connectivity index is 4.48. The second kappa shape index (κ2) is 6.01. The first-order chi connectivity index (χ1) is 6.43. The van der Waals surface area contributed by atoms with Crippen molar-refractivity contribution < 1.29 is 17.9 Å². The molecular formula is C9H18O4S. The number of hydrogen-bond donors (Lipinski definition) is 0. The molecule has 4 nitrogen and oxygen atoms in total. The van der Waals surface area contributed by atoms with Gasteiger partial charge in [0.25, 0.3) is 0 Å². The van der Waals surface area contributed by atoms with E-state index in [0.29, 0.717) is 6.42 Å². The van der Waals surface area contributed by atoms with Crippen LogP contribution in [0.3, 0.4) is 0 Å². The summed E-state index contributed by atoms with van der Waals surface area (Å²) in [7, 11) is -3.33. The maximum Gasteiger partial charge on any atom is 0.324 e. The van der Waals surface area contributed by atoms with Crippen molar-refractivity contribution in [1.29, 1.82) is 0 Å². The summed E-state index contributed by atoms with van der Waals surface area (Å²) in [5, 5.41) is -0.984. The third-order valence-corrected chi connectivity index (χ3v) is 3.35. The molecule has 0 rings (SSSR count). The number of rotatable bonds is 6. The van der Waals surface area contributed by atoms with E-state index in [0.717, 1.165) is 19.1 Å². The highest BCUT2D eigenvalue weighted by molar-refractivity contribution is 7.92. The van der Waals surface area contributed by atoms with E-state index in [9.17, 15) is 13.2 Å². The summed E-state index contributed by atoms with van der Waals surface area (Å²) in [4.78, 5) is 11.3. The predicted octanol–water partition coefficient (Wildman–Crippen LogP) is 1.15. The van der Waals surface area contributed by atoms with Crippen molar-refractivity contribution in [1.82, 2.24) is 0 Å². The van der Waals surface area contributed by atoms with Crippen molar-refractivity contribution in [3.8, 4) is 0 Å². The minimum atomic E-state index is -3.33. The Morgan fingerprint density at radius 3 is 2.29 bits per heavy atom. The van der Waals surface area contributed by atoms with Crippen LogP contribution in [0.15, 0.2) is 0 Å². The van der Waals surface area contributed by atoms with Crippen LogP contribution >= 0.6 is 0 Å². The summed E-state index contributed by atoms with van der Waals surface area (Å²) in [5.41, 5.74) is 0. The Bertz CT molecular complexity index is 269. The zero-order chi connectivity index (χ0) is 11.2. The Kier molecular flexibility index (Phi) is 5.76. The minimum Gasteiger partial charge on any atom is -0.465 e. The summed E-state index contributed by atoms with van der Waals surface area (Å²) in [6, 6.07) is 0. The summed E-state index contributed by atoms with van der Waals surface area (Å²) in [6.45, 7) is 3.83. The number of ether oxygens (including phenoxy) is 1. The molecule has 0 aliphatic carbocycles. The van der Waals surface area contributed by atoms with Crippen LogP contribution in [0, 0.1) is 0 Å². The molecule has 1 atom stereocenters. The van der Waals surface area contributed by atoms with Crippen LogP contribution in [-0.4, -0.2) is 32.5 Å². The largest absolute Gasteiger partial charge is 0.465 e. The third-order valence-electron chi connectivity index (χ3n) is 1.89. The van der Waals surface area contributed by atoms with Crippen LogP contribution in [0.5, 0.6) is 0 Å². The maximum atomic E-state index is 11.3. The van der Waals surface area contributed by atoms with Crippen molar-refractivity contribution in [2.45, 2.75) is 38.4 Å². The van der Waals surface area contributed by atoms with Gasteiger partial charge in [-0.05, 0) is 13.3 Å². The second-order valence-electron chi connectivity index (χ2n) is 3.21. The monoisotopic (exact) mass is 222 g/mol. The highest BCUT2D eigenvalue weighted by Gasteiger charge is 2.29. The van der Waals surface area contributed by atoms with Gasteiger partial charge in [0.05, 0.1) is 6.61 Å². The Morgan fingerprint density at radius 2 is 1.93 bits per heavy atom. The molecule has 5 heteroatoms. The molecule has 0 radical (unpaired) electrons. The summed E-state index contributed by atoms with van der Waals surface area (Å²) >= 11 is 0. The van der Waals surface area contributed by atoms with E-state index in [1.165, 1.54) is 0 Å². The van der Waals surface area contributed by atoms with Gasteiger partial charge in [-0.25, -0.2) is 8.42 Å². The summed E-state index contributed by atoms with van der Waals surface area (Å²) in [6.07, 6.45) is 3.01. The van der Waals surface area contributed by atoms with Crippen LogP contribution in [0.25, 0.3) is 0 Å². The van der Waals surface area contributed by atoms with Crippen molar-refractivity contribution >= 4 is 15.8 Å². The maximum absolute atomic E-state index is 11.3. The smallest absolute Gasteiger partial charge is 0.324 e. The number of carbonyl (C=O) groups excluding carboxylic acids is 1. The molecule has 0 saturated carbocycles. The average molecular weight is 222 g/mol. The van der Waals surface area contributed by atoms with Gasteiger partial charge in [-0.2, -0.15) is 0 Å². The second-order valence-corrected chi connectivity index (χ2v) is 5.44. The lowest BCUT2D eigenvalue weighted by Gasteiger charge is -2.12. The van der Waals surface area contributed by atoms with E-state index in [1.807, 2.05) is 6.92 Å². The highest BCUT2D eigenvalue weighted by Crippen LogP contribution is 2.11. The first kappa shape index (κ1) is 13.4.